The van der Waals surface area contributed by atoms with E-state index in [0.29, 0.717) is 13.1 Å². The molecule has 2 fully saturated rings. The predicted molar refractivity (Wildman–Crippen MR) is 92.0 cm³/mol. The maximum atomic E-state index is 12.1. The second-order valence-electron chi connectivity index (χ2n) is 7.27. The average Bonchev–Trinajstić information content (AvgIpc) is 2.48. The van der Waals surface area contributed by atoms with E-state index >= 15 is 0 Å². The van der Waals surface area contributed by atoms with Gasteiger partial charge in [0.1, 0.15) is 0 Å². The Morgan fingerprint density at radius 1 is 1.27 bits per heavy atom. The first-order valence-electron chi connectivity index (χ1n) is 8.53. The molecule has 6 heteroatoms. The van der Waals surface area contributed by atoms with Gasteiger partial charge in [-0.15, -0.1) is 0 Å². The van der Waals surface area contributed by atoms with Crippen molar-refractivity contribution in [2.24, 2.45) is 10.9 Å². The molecule has 1 saturated carbocycles. The Bertz CT molecular complexity index is 494. The zero-order chi connectivity index (χ0) is 16.2. The van der Waals surface area contributed by atoms with E-state index in [1.54, 1.807) is 7.05 Å². The molecule has 0 aromatic heterocycles. The van der Waals surface area contributed by atoms with Crippen LogP contribution in [0.2, 0.25) is 0 Å². The van der Waals surface area contributed by atoms with Crippen molar-refractivity contribution >= 4 is 15.8 Å². The van der Waals surface area contributed by atoms with Crippen molar-refractivity contribution in [3.05, 3.63) is 0 Å². The van der Waals surface area contributed by atoms with Crippen LogP contribution in [0.3, 0.4) is 0 Å². The molecule has 0 amide bonds. The van der Waals surface area contributed by atoms with Crippen molar-refractivity contribution in [1.82, 2.24) is 10.2 Å². The molecule has 1 saturated heterocycles. The van der Waals surface area contributed by atoms with Gasteiger partial charge in [0, 0.05) is 26.7 Å². The van der Waals surface area contributed by atoms with Crippen molar-refractivity contribution in [3.8, 4) is 0 Å². The lowest BCUT2D eigenvalue weighted by Crippen LogP contribution is -2.57. The maximum absolute atomic E-state index is 12.1. The van der Waals surface area contributed by atoms with E-state index < -0.39 is 14.6 Å². The second-order valence-corrected chi connectivity index (χ2v) is 10.0. The summed E-state index contributed by atoms with van der Waals surface area (Å²) in [7, 11) is -1.22. The molecule has 0 atom stereocenters. The van der Waals surface area contributed by atoms with E-state index in [9.17, 15) is 8.42 Å². The predicted octanol–water partition coefficient (Wildman–Crippen LogP) is 2.04. The lowest BCUT2D eigenvalue weighted by atomic mass is 9.87. The molecule has 1 aliphatic carbocycles. The molecule has 1 heterocycles. The standard InChI is InChI=1S/C16H31N3O2S/c1-16(2)13-19(11-12-22(16,20)21)15(17-3)18-10-9-14-7-5-4-6-8-14/h14H,4-13H2,1-3H3,(H,17,18). The van der Waals surface area contributed by atoms with Crippen molar-refractivity contribution < 1.29 is 8.42 Å². The molecule has 1 aliphatic heterocycles. The van der Waals surface area contributed by atoms with Crippen LogP contribution in [-0.4, -0.2) is 56.5 Å². The van der Waals surface area contributed by atoms with Crippen molar-refractivity contribution in [2.45, 2.75) is 57.1 Å². The van der Waals surface area contributed by atoms with Crippen molar-refractivity contribution in [3.63, 3.8) is 0 Å². The Kier molecular flexibility index (Phi) is 5.75. The Balaban J connectivity index is 1.84. The first kappa shape index (κ1) is 17.6. The minimum atomic E-state index is -3.00. The number of nitrogens with zero attached hydrogens (tertiary/aromatic N) is 2. The van der Waals surface area contributed by atoms with Gasteiger partial charge in [0.15, 0.2) is 15.8 Å². The summed E-state index contributed by atoms with van der Waals surface area (Å²) in [4.78, 5) is 6.43. The fraction of sp³-hybridized carbons (Fsp3) is 0.938. The number of rotatable bonds is 3. The summed E-state index contributed by atoms with van der Waals surface area (Å²) in [5, 5.41) is 3.43. The SMILES string of the molecule is CN=C(NCCC1CCCCC1)N1CCS(=O)(=O)C(C)(C)C1. The number of hydrogen-bond acceptors (Lipinski definition) is 3. The Hall–Kier alpha value is -0.780. The van der Waals surface area contributed by atoms with E-state index in [-0.39, 0.29) is 5.75 Å². The third kappa shape index (κ3) is 4.15. The maximum Gasteiger partial charge on any atom is 0.193 e. The highest BCUT2D eigenvalue weighted by Gasteiger charge is 2.40. The van der Waals surface area contributed by atoms with Crippen LogP contribution in [0.15, 0.2) is 4.99 Å². The molecule has 0 bridgehead atoms. The lowest BCUT2D eigenvalue weighted by molar-refractivity contribution is 0.330. The zero-order valence-corrected chi connectivity index (χ0v) is 15.1. The van der Waals surface area contributed by atoms with Gasteiger partial charge in [0.2, 0.25) is 0 Å². The van der Waals surface area contributed by atoms with Gasteiger partial charge < -0.3 is 10.2 Å². The third-order valence-corrected chi connectivity index (χ3v) is 7.65. The second kappa shape index (κ2) is 7.20. The quantitative estimate of drug-likeness (QED) is 0.636. The molecule has 22 heavy (non-hydrogen) atoms. The summed E-state index contributed by atoms with van der Waals surface area (Å²) in [6.45, 7) is 5.60. The third-order valence-electron chi connectivity index (χ3n) is 5.12. The number of hydrogen-bond donors (Lipinski definition) is 1. The fourth-order valence-corrected chi connectivity index (χ4v) is 4.89. The summed E-state index contributed by atoms with van der Waals surface area (Å²) >= 11 is 0. The lowest BCUT2D eigenvalue weighted by Gasteiger charge is -2.39. The monoisotopic (exact) mass is 329 g/mol. The molecule has 0 unspecified atom stereocenters. The normalized spacial score (nSPS) is 26.0. The number of aliphatic imine (C=N–C) groups is 1. The smallest absolute Gasteiger partial charge is 0.193 e. The van der Waals surface area contributed by atoms with Crippen LogP contribution >= 0.6 is 0 Å². The molecular weight excluding hydrogens is 298 g/mol. The molecule has 128 valence electrons. The Labute approximate surface area is 135 Å². The van der Waals surface area contributed by atoms with E-state index in [0.717, 1.165) is 18.4 Å². The molecule has 5 nitrogen and oxygen atoms in total. The molecule has 0 spiro atoms. The van der Waals surface area contributed by atoms with Crippen LogP contribution < -0.4 is 5.32 Å². The van der Waals surface area contributed by atoms with Gasteiger partial charge in [-0.3, -0.25) is 4.99 Å². The summed E-state index contributed by atoms with van der Waals surface area (Å²) in [5.41, 5.74) is 0. The van der Waals surface area contributed by atoms with Gasteiger partial charge >= 0.3 is 0 Å². The Morgan fingerprint density at radius 2 is 1.95 bits per heavy atom. The summed E-state index contributed by atoms with van der Waals surface area (Å²) in [6, 6.07) is 0. The largest absolute Gasteiger partial charge is 0.356 e. The van der Waals surface area contributed by atoms with Crippen LogP contribution in [0.25, 0.3) is 0 Å². The number of guanidine groups is 1. The van der Waals surface area contributed by atoms with E-state index in [1.165, 1.54) is 38.5 Å². The van der Waals surface area contributed by atoms with Gasteiger partial charge in [-0.05, 0) is 26.2 Å². The summed E-state index contributed by atoms with van der Waals surface area (Å²) < 4.78 is 23.5. The highest BCUT2D eigenvalue weighted by atomic mass is 32.2. The fourth-order valence-electron chi connectivity index (χ4n) is 3.52. The van der Waals surface area contributed by atoms with Crippen molar-refractivity contribution in [1.29, 1.82) is 0 Å². The molecular formula is C16H31N3O2S. The Morgan fingerprint density at radius 3 is 2.55 bits per heavy atom. The first-order chi connectivity index (χ1) is 10.4. The molecule has 1 N–H and O–H groups in total. The van der Waals surface area contributed by atoms with Gasteiger partial charge in [-0.1, -0.05) is 32.1 Å². The summed E-state index contributed by atoms with van der Waals surface area (Å²) in [5.74, 6) is 1.90. The average molecular weight is 330 g/mol. The van der Waals surface area contributed by atoms with Crippen LogP contribution in [0.4, 0.5) is 0 Å². The number of nitrogens with one attached hydrogen (secondary N) is 1. The van der Waals surface area contributed by atoms with Crippen LogP contribution in [-0.2, 0) is 9.84 Å². The van der Waals surface area contributed by atoms with Crippen LogP contribution in [0.1, 0.15) is 52.4 Å². The number of sulfone groups is 1. The topological polar surface area (TPSA) is 61.8 Å². The minimum Gasteiger partial charge on any atom is -0.356 e. The van der Waals surface area contributed by atoms with Crippen LogP contribution in [0.5, 0.6) is 0 Å². The molecule has 0 radical (unpaired) electrons. The van der Waals surface area contributed by atoms with Gasteiger partial charge in [0.25, 0.3) is 0 Å². The van der Waals surface area contributed by atoms with Crippen LogP contribution in [0, 0.1) is 5.92 Å². The van der Waals surface area contributed by atoms with Crippen molar-refractivity contribution in [2.75, 3.05) is 32.4 Å². The molecule has 2 rings (SSSR count). The molecule has 0 aromatic rings. The van der Waals surface area contributed by atoms with Gasteiger partial charge in [-0.2, -0.15) is 0 Å². The molecule has 0 aromatic carbocycles. The highest BCUT2D eigenvalue weighted by molar-refractivity contribution is 7.92. The van der Waals surface area contributed by atoms with E-state index in [2.05, 4.69) is 15.2 Å². The van der Waals surface area contributed by atoms with Gasteiger partial charge in [0.05, 0.1) is 10.5 Å². The highest BCUT2D eigenvalue weighted by Crippen LogP contribution is 2.26. The molecule has 2 aliphatic rings. The van der Waals surface area contributed by atoms with E-state index in [1.807, 2.05) is 13.8 Å². The van der Waals surface area contributed by atoms with E-state index in [4.69, 9.17) is 0 Å². The summed E-state index contributed by atoms with van der Waals surface area (Å²) in [6.07, 6.45) is 8.04. The first-order valence-corrected chi connectivity index (χ1v) is 10.2. The minimum absolute atomic E-state index is 0.212. The zero-order valence-electron chi connectivity index (χ0n) is 14.3. The van der Waals surface area contributed by atoms with Gasteiger partial charge in [-0.25, -0.2) is 8.42 Å².